The smallest absolute Gasteiger partial charge is 0.248 e. The number of fused-ring (bicyclic) bond motifs is 1. The average molecular weight is 174 g/mol. The number of carbonyl (C=O) groups is 1. The molecule has 1 amide bonds. The topological polar surface area (TPSA) is 55.5 Å². The van der Waals surface area contributed by atoms with E-state index in [2.05, 4.69) is 4.99 Å². The molecule has 1 aliphatic heterocycles. The Labute approximate surface area is 76.3 Å². The molecule has 0 unspecified atom stereocenters. The Morgan fingerprint density at radius 1 is 1.46 bits per heavy atom. The van der Waals surface area contributed by atoms with Crippen molar-refractivity contribution >= 4 is 17.8 Å². The highest BCUT2D eigenvalue weighted by atomic mass is 16.1. The number of carbonyl (C=O) groups excluding carboxylic acids is 1. The Balaban J connectivity index is 2.48. The Hall–Kier alpha value is -1.64. The first-order chi connectivity index (χ1) is 6.27. The van der Waals surface area contributed by atoms with Crippen LogP contribution in [0.1, 0.15) is 22.3 Å². The molecule has 0 aliphatic carbocycles. The minimum absolute atomic E-state index is 0.377. The summed E-state index contributed by atoms with van der Waals surface area (Å²) in [5.41, 5.74) is 7.80. The van der Waals surface area contributed by atoms with E-state index in [-0.39, 0.29) is 5.91 Å². The molecule has 3 heteroatoms. The van der Waals surface area contributed by atoms with Crippen molar-refractivity contribution in [3.63, 3.8) is 0 Å². The van der Waals surface area contributed by atoms with Gasteiger partial charge in [0.05, 0.1) is 5.69 Å². The molecule has 0 spiro atoms. The third kappa shape index (κ3) is 1.45. The van der Waals surface area contributed by atoms with Crippen LogP contribution in [0.25, 0.3) is 0 Å². The lowest BCUT2D eigenvalue weighted by atomic mass is 10.0. The number of aryl methyl sites for hydroxylation is 1. The van der Waals surface area contributed by atoms with Crippen LogP contribution in [0.4, 0.5) is 5.69 Å². The highest BCUT2D eigenvalue weighted by molar-refractivity contribution is 5.93. The van der Waals surface area contributed by atoms with E-state index in [1.807, 2.05) is 18.3 Å². The molecule has 0 aromatic heterocycles. The zero-order valence-electron chi connectivity index (χ0n) is 7.16. The number of nitrogens with two attached hydrogens (primary N) is 1. The molecule has 0 saturated heterocycles. The van der Waals surface area contributed by atoms with Gasteiger partial charge in [-0.15, -0.1) is 0 Å². The number of benzene rings is 1. The fourth-order valence-corrected chi connectivity index (χ4v) is 1.45. The van der Waals surface area contributed by atoms with Gasteiger partial charge in [-0.05, 0) is 36.6 Å². The highest BCUT2D eigenvalue weighted by Gasteiger charge is 2.08. The molecule has 2 N–H and O–H groups in total. The van der Waals surface area contributed by atoms with Crippen LogP contribution in [-0.4, -0.2) is 12.1 Å². The van der Waals surface area contributed by atoms with Crippen molar-refractivity contribution in [2.75, 3.05) is 0 Å². The number of primary amides is 1. The van der Waals surface area contributed by atoms with Gasteiger partial charge in [0.15, 0.2) is 0 Å². The first-order valence-corrected chi connectivity index (χ1v) is 4.22. The van der Waals surface area contributed by atoms with Crippen LogP contribution in [0.5, 0.6) is 0 Å². The maximum atomic E-state index is 10.9. The normalized spacial score (nSPS) is 13.8. The Morgan fingerprint density at radius 3 is 3.08 bits per heavy atom. The van der Waals surface area contributed by atoms with E-state index in [0.717, 1.165) is 24.1 Å². The lowest BCUT2D eigenvalue weighted by molar-refractivity contribution is 0.1000. The van der Waals surface area contributed by atoms with Gasteiger partial charge in [-0.2, -0.15) is 0 Å². The molecule has 1 aliphatic rings. The summed E-state index contributed by atoms with van der Waals surface area (Å²) >= 11 is 0. The highest BCUT2D eigenvalue weighted by Crippen LogP contribution is 2.24. The van der Waals surface area contributed by atoms with E-state index in [1.54, 1.807) is 6.07 Å². The van der Waals surface area contributed by atoms with Gasteiger partial charge in [-0.1, -0.05) is 0 Å². The predicted molar refractivity (Wildman–Crippen MR) is 51.4 cm³/mol. The fraction of sp³-hybridized carbons (Fsp3) is 0.200. The zero-order valence-corrected chi connectivity index (χ0v) is 7.16. The number of amides is 1. The predicted octanol–water partition coefficient (Wildman–Crippen LogP) is 1.43. The van der Waals surface area contributed by atoms with E-state index in [0.29, 0.717) is 5.56 Å². The van der Waals surface area contributed by atoms with E-state index in [4.69, 9.17) is 5.73 Å². The summed E-state index contributed by atoms with van der Waals surface area (Å²) in [6.45, 7) is 0. The summed E-state index contributed by atoms with van der Waals surface area (Å²) in [5.74, 6) is -0.377. The maximum absolute atomic E-state index is 10.9. The van der Waals surface area contributed by atoms with Crippen LogP contribution in [-0.2, 0) is 6.42 Å². The van der Waals surface area contributed by atoms with Crippen LogP contribution in [0.3, 0.4) is 0 Å². The van der Waals surface area contributed by atoms with Gasteiger partial charge in [0.2, 0.25) is 5.91 Å². The summed E-state index contributed by atoms with van der Waals surface area (Å²) in [5, 5.41) is 0. The average Bonchev–Trinajstić information content (AvgIpc) is 2.17. The first-order valence-electron chi connectivity index (χ1n) is 4.22. The fourth-order valence-electron chi connectivity index (χ4n) is 1.45. The summed E-state index contributed by atoms with van der Waals surface area (Å²) in [6.07, 6.45) is 3.78. The van der Waals surface area contributed by atoms with Gasteiger partial charge in [0.25, 0.3) is 0 Å². The van der Waals surface area contributed by atoms with Crippen LogP contribution in [0.2, 0.25) is 0 Å². The van der Waals surface area contributed by atoms with Crippen LogP contribution in [0.15, 0.2) is 23.2 Å². The Kier molecular flexibility index (Phi) is 1.85. The van der Waals surface area contributed by atoms with Gasteiger partial charge in [0.1, 0.15) is 0 Å². The number of rotatable bonds is 1. The van der Waals surface area contributed by atoms with Gasteiger partial charge in [0, 0.05) is 11.8 Å². The van der Waals surface area contributed by atoms with E-state index < -0.39 is 0 Å². The van der Waals surface area contributed by atoms with Crippen LogP contribution in [0, 0.1) is 0 Å². The molecule has 2 rings (SSSR count). The van der Waals surface area contributed by atoms with Gasteiger partial charge in [-0.25, -0.2) is 0 Å². The quantitative estimate of drug-likeness (QED) is 0.688. The SMILES string of the molecule is NC(=O)c1ccc2c(c1)CCC=N2. The summed E-state index contributed by atoms with van der Waals surface area (Å²) in [7, 11) is 0. The van der Waals surface area contributed by atoms with Gasteiger partial charge >= 0.3 is 0 Å². The second-order valence-corrected chi connectivity index (χ2v) is 3.06. The molecule has 1 aromatic rings. The number of aliphatic imine (C=N–C) groups is 1. The van der Waals surface area contributed by atoms with Crippen molar-refractivity contribution in [1.82, 2.24) is 0 Å². The van der Waals surface area contributed by atoms with Crippen molar-refractivity contribution in [3.05, 3.63) is 29.3 Å². The van der Waals surface area contributed by atoms with E-state index in [9.17, 15) is 4.79 Å². The third-order valence-corrected chi connectivity index (χ3v) is 2.14. The molecule has 66 valence electrons. The van der Waals surface area contributed by atoms with E-state index >= 15 is 0 Å². The first kappa shape index (κ1) is 7.98. The second-order valence-electron chi connectivity index (χ2n) is 3.06. The molecule has 0 fully saturated rings. The molecule has 0 saturated carbocycles. The van der Waals surface area contributed by atoms with Gasteiger partial charge in [-0.3, -0.25) is 9.79 Å². The zero-order chi connectivity index (χ0) is 9.26. The molecule has 0 atom stereocenters. The largest absolute Gasteiger partial charge is 0.366 e. The van der Waals surface area contributed by atoms with Crippen LogP contribution < -0.4 is 5.73 Å². The van der Waals surface area contributed by atoms with Crippen molar-refractivity contribution < 1.29 is 4.79 Å². The standard InChI is InChI=1S/C10H10N2O/c11-10(13)8-3-4-9-7(6-8)2-1-5-12-9/h3-6H,1-2H2,(H2,11,13). The monoisotopic (exact) mass is 174 g/mol. The lowest BCUT2D eigenvalue weighted by Crippen LogP contribution is -2.11. The van der Waals surface area contributed by atoms with E-state index in [1.165, 1.54) is 0 Å². The lowest BCUT2D eigenvalue weighted by Gasteiger charge is -2.09. The van der Waals surface area contributed by atoms with Crippen LogP contribution >= 0.6 is 0 Å². The van der Waals surface area contributed by atoms with Gasteiger partial charge < -0.3 is 5.73 Å². The molecule has 3 nitrogen and oxygen atoms in total. The Morgan fingerprint density at radius 2 is 2.31 bits per heavy atom. The summed E-state index contributed by atoms with van der Waals surface area (Å²) in [4.78, 5) is 15.1. The molecular weight excluding hydrogens is 164 g/mol. The molecule has 1 aromatic carbocycles. The minimum atomic E-state index is -0.377. The number of nitrogens with zero attached hydrogens (tertiary/aromatic N) is 1. The van der Waals surface area contributed by atoms with Crippen molar-refractivity contribution in [2.45, 2.75) is 12.8 Å². The number of hydrogen-bond donors (Lipinski definition) is 1. The Bertz CT molecular complexity index is 383. The number of hydrogen-bond acceptors (Lipinski definition) is 2. The minimum Gasteiger partial charge on any atom is -0.366 e. The molecule has 1 heterocycles. The third-order valence-electron chi connectivity index (χ3n) is 2.14. The van der Waals surface area contributed by atoms with Crippen molar-refractivity contribution in [3.8, 4) is 0 Å². The second kappa shape index (κ2) is 3.01. The molecule has 0 radical (unpaired) electrons. The summed E-state index contributed by atoms with van der Waals surface area (Å²) in [6, 6.07) is 5.38. The molecule has 0 bridgehead atoms. The summed E-state index contributed by atoms with van der Waals surface area (Å²) < 4.78 is 0. The van der Waals surface area contributed by atoms with Crippen molar-refractivity contribution in [1.29, 1.82) is 0 Å². The molecule has 13 heavy (non-hydrogen) atoms. The maximum Gasteiger partial charge on any atom is 0.248 e. The van der Waals surface area contributed by atoms with Crippen molar-refractivity contribution in [2.24, 2.45) is 10.7 Å². The molecular formula is C10H10N2O.